The van der Waals surface area contributed by atoms with Crippen LogP contribution >= 0.6 is 62.3 Å². The van der Waals surface area contributed by atoms with Gasteiger partial charge in [0.05, 0.1) is 16.5 Å². The lowest BCUT2D eigenvalue weighted by molar-refractivity contribution is -0.117. The number of halogens is 6. The molecule has 10 heteroatoms. The molecule has 1 N–H and O–H groups in total. The van der Waals surface area contributed by atoms with Gasteiger partial charge in [0, 0.05) is 33.8 Å². The maximum atomic E-state index is 13.2. The number of alkyl halides is 2. The summed E-state index contributed by atoms with van der Waals surface area (Å²) >= 11 is 28.6. The predicted molar refractivity (Wildman–Crippen MR) is 139 cm³/mol. The summed E-state index contributed by atoms with van der Waals surface area (Å²) in [7, 11) is 1.55. The van der Waals surface area contributed by atoms with E-state index in [0.29, 0.717) is 16.4 Å². The second kappa shape index (κ2) is 9.67. The Morgan fingerprint density at radius 1 is 1.03 bits per heavy atom. The Morgan fingerprint density at radius 2 is 1.71 bits per heavy atom. The zero-order valence-corrected chi connectivity index (χ0v) is 22.1. The SMILES string of the molecule is CN(C(=O)c1cc(NC(=O)[C@H]2[C@H](c3cc(Cl)cc(Br)c3)C2(Cl)Cl)ccc1Cl)c1ccc(F)cc1. The molecule has 2 atom stereocenters. The van der Waals surface area contributed by atoms with Crippen LogP contribution in [0.2, 0.25) is 10.0 Å². The van der Waals surface area contributed by atoms with Crippen molar-refractivity contribution in [1.82, 2.24) is 0 Å². The first-order valence-corrected chi connectivity index (χ1v) is 12.3. The van der Waals surface area contributed by atoms with Gasteiger partial charge in [-0.2, -0.15) is 0 Å². The maximum Gasteiger partial charge on any atom is 0.259 e. The fraction of sp³-hybridized carbons (Fsp3) is 0.167. The third-order valence-electron chi connectivity index (χ3n) is 5.56. The van der Waals surface area contributed by atoms with Gasteiger partial charge < -0.3 is 10.2 Å². The Morgan fingerprint density at radius 3 is 2.35 bits per heavy atom. The Hall–Kier alpha value is -1.83. The van der Waals surface area contributed by atoms with Crippen LogP contribution in [0.1, 0.15) is 21.8 Å². The van der Waals surface area contributed by atoms with Crippen molar-refractivity contribution in [2.24, 2.45) is 5.92 Å². The van der Waals surface area contributed by atoms with Crippen molar-refractivity contribution in [2.75, 3.05) is 17.3 Å². The highest BCUT2D eigenvalue weighted by molar-refractivity contribution is 9.10. The van der Waals surface area contributed by atoms with Gasteiger partial charge in [-0.25, -0.2) is 4.39 Å². The highest BCUT2D eigenvalue weighted by Gasteiger charge is 2.67. The van der Waals surface area contributed by atoms with Crippen LogP contribution in [-0.2, 0) is 4.79 Å². The molecule has 4 nitrogen and oxygen atoms in total. The fourth-order valence-electron chi connectivity index (χ4n) is 3.77. The van der Waals surface area contributed by atoms with E-state index in [-0.39, 0.29) is 10.6 Å². The molecule has 0 bridgehead atoms. The number of nitrogens with one attached hydrogen (secondary N) is 1. The zero-order valence-electron chi connectivity index (χ0n) is 17.5. The Kier molecular flexibility index (Phi) is 7.19. The largest absolute Gasteiger partial charge is 0.326 e. The van der Waals surface area contributed by atoms with Gasteiger partial charge in [0.2, 0.25) is 5.91 Å². The number of carbonyl (C=O) groups excluding carboxylic acids is 2. The number of hydrogen-bond donors (Lipinski definition) is 1. The first-order valence-electron chi connectivity index (χ1n) is 9.97. The average molecular weight is 605 g/mol. The van der Waals surface area contributed by atoms with Crippen LogP contribution in [0.5, 0.6) is 0 Å². The van der Waals surface area contributed by atoms with E-state index in [1.54, 1.807) is 25.2 Å². The van der Waals surface area contributed by atoms with Gasteiger partial charge in [-0.1, -0.05) is 39.1 Å². The molecule has 34 heavy (non-hydrogen) atoms. The number of amides is 2. The van der Waals surface area contributed by atoms with Crippen LogP contribution in [0, 0.1) is 11.7 Å². The van der Waals surface area contributed by atoms with Crippen LogP contribution in [0.4, 0.5) is 15.8 Å². The molecule has 0 aliphatic heterocycles. The van der Waals surface area contributed by atoms with Gasteiger partial charge in [0.1, 0.15) is 10.2 Å². The van der Waals surface area contributed by atoms with E-state index >= 15 is 0 Å². The minimum Gasteiger partial charge on any atom is -0.326 e. The second-order valence-corrected chi connectivity index (χ2v) is 11.1. The molecule has 1 saturated carbocycles. The summed E-state index contributed by atoms with van der Waals surface area (Å²) in [5.74, 6) is -2.42. The number of carbonyl (C=O) groups is 2. The smallest absolute Gasteiger partial charge is 0.259 e. The van der Waals surface area contributed by atoms with E-state index in [2.05, 4.69) is 21.2 Å². The third-order valence-corrected chi connectivity index (χ3v) is 7.51. The van der Waals surface area contributed by atoms with Gasteiger partial charge in [0.15, 0.2) is 0 Å². The van der Waals surface area contributed by atoms with Gasteiger partial charge in [-0.05, 0) is 66.2 Å². The fourth-order valence-corrected chi connectivity index (χ4v) is 5.68. The monoisotopic (exact) mass is 602 g/mol. The summed E-state index contributed by atoms with van der Waals surface area (Å²) in [6.07, 6.45) is 0. The second-order valence-electron chi connectivity index (χ2n) is 7.86. The van der Waals surface area contributed by atoms with Gasteiger partial charge in [0.25, 0.3) is 5.91 Å². The third kappa shape index (κ3) is 5.07. The topological polar surface area (TPSA) is 49.4 Å². The van der Waals surface area contributed by atoms with Crippen molar-refractivity contribution in [2.45, 2.75) is 10.3 Å². The molecule has 1 aliphatic carbocycles. The summed E-state index contributed by atoms with van der Waals surface area (Å²) in [5.41, 5.74) is 1.74. The molecule has 1 aliphatic rings. The molecule has 176 valence electrons. The maximum absolute atomic E-state index is 13.2. The van der Waals surface area contributed by atoms with Crippen molar-refractivity contribution >= 4 is 85.5 Å². The van der Waals surface area contributed by atoms with E-state index in [1.807, 2.05) is 6.07 Å². The molecule has 0 unspecified atom stereocenters. The minimum absolute atomic E-state index is 0.167. The number of hydrogen-bond acceptors (Lipinski definition) is 2. The van der Waals surface area contributed by atoms with Crippen molar-refractivity contribution in [1.29, 1.82) is 0 Å². The van der Waals surface area contributed by atoms with Gasteiger partial charge in [-0.3, -0.25) is 9.59 Å². The lowest BCUT2D eigenvalue weighted by Gasteiger charge is -2.18. The Labute approximate surface area is 224 Å². The van der Waals surface area contributed by atoms with Gasteiger partial charge >= 0.3 is 0 Å². The highest BCUT2D eigenvalue weighted by atomic mass is 79.9. The molecule has 4 rings (SSSR count). The van der Waals surface area contributed by atoms with Crippen LogP contribution in [0.3, 0.4) is 0 Å². The lowest BCUT2D eigenvalue weighted by Crippen LogP contribution is -2.26. The van der Waals surface area contributed by atoms with Crippen molar-refractivity contribution in [3.05, 3.63) is 92.1 Å². The molecular weight excluding hydrogens is 589 g/mol. The lowest BCUT2D eigenvalue weighted by atomic mass is 10.1. The number of nitrogens with zero attached hydrogens (tertiary/aromatic N) is 1. The standard InChI is InChI=1S/C24H16BrCl4FN2O2/c1-32(17-5-2-15(30)3-6-17)23(34)18-11-16(4-7-19(18)27)31-22(33)21-20(24(21,28)29)12-8-13(25)10-14(26)9-12/h2-11,20-21H,1H3,(H,31,33)/t20-,21+/m0/s1. The minimum atomic E-state index is -1.30. The van der Waals surface area contributed by atoms with Crippen molar-refractivity contribution in [3.63, 3.8) is 0 Å². The number of anilines is 2. The molecule has 0 radical (unpaired) electrons. The van der Waals surface area contributed by atoms with Crippen LogP contribution in [0.25, 0.3) is 0 Å². The molecule has 0 heterocycles. The molecule has 3 aromatic rings. The number of benzene rings is 3. The molecule has 0 aromatic heterocycles. The Bertz CT molecular complexity index is 1270. The molecule has 2 amide bonds. The highest BCUT2D eigenvalue weighted by Crippen LogP contribution is 2.65. The number of rotatable bonds is 5. The van der Waals surface area contributed by atoms with Crippen LogP contribution in [-0.4, -0.2) is 23.2 Å². The Balaban J connectivity index is 1.53. The summed E-state index contributed by atoms with van der Waals surface area (Å²) in [6, 6.07) is 15.3. The zero-order chi connectivity index (χ0) is 24.8. The summed E-state index contributed by atoms with van der Waals surface area (Å²) in [5, 5.41) is 3.46. The van der Waals surface area contributed by atoms with Crippen molar-refractivity contribution < 1.29 is 14.0 Å². The van der Waals surface area contributed by atoms with E-state index in [0.717, 1.165) is 10.0 Å². The van der Waals surface area contributed by atoms with Crippen molar-refractivity contribution in [3.8, 4) is 0 Å². The first kappa shape index (κ1) is 25.3. The van der Waals surface area contributed by atoms with E-state index in [9.17, 15) is 14.0 Å². The average Bonchev–Trinajstić information content (AvgIpc) is 3.36. The molecule has 3 aromatic carbocycles. The summed E-state index contributed by atoms with van der Waals surface area (Å²) in [4.78, 5) is 27.4. The van der Waals surface area contributed by atoms with E-state index in [1.165, 1.54) is 41.3 Å². The predicted octanol–water partition coefficient (Wildman–Crippen LogP) is 7.70. The molecular formula is C24H16BrCl4FN2O2. The normalized spacial score (nSPS) is 18.3. The van der Waals surface area contributed by atoms with Gasteiger partial charge in [-0.15, -0.1) is 23.2 Å². The quantitative estimate of drug-likeness (QED) is 0.304. The van der Waals surface area contributed by atoms with E-state index in [4.69, 9.17) is 46.4 Å². The van der Waals surface area contributed by atoms with Crippen LogP contribution in [0.15, 0.2) is 65.1 Å². The summed E-state index contributed by atoms with van der Waals surface area (Å²) in [6.45, 7) is 0. The molecule has 0 spiro atoms. The molecule has 1 fully saturated rings. The van der Waals surface area contributed by atoms with Crippen LogP contribution < -0.4 is 10.2 Å². The summed E-state index contributed by atoms with van der Waals surface area (Å²) < 4.78 is 12.7. The van der Waals surface area contributed by atoms with E-state index < -0.39 is 33.8 Å². The molecule has 0 saturated heterocycles. The first-order chi connectivity index (χ1) is 16.0.